The number of hydrogen-bond acceptors (Lipinski definition) is 2. The van der Waals surface area contributed by atoms with E-state index in [0.29, 0.717) is 12.0 Å². The smallest absolute Gasteiger partial charge is 0.315 e. The molecule has 0 heterocycles. The summed E-state index contributed by atoms with van der Waals surface area (Å²) in [7, 11) is 0. The highest BCUT2D eigenvalue weighted by atomic mass is 16.4. The predicted molar refractivity (Wildman–Crippen MR) is 98.7 cm³/mol. The monoisotopic (exact) mass is 339 g/mol. The fourth-order valence-corrected chi connectivity index (χ4v) is 3.01. The molecule has 25 heavy (non-hydrogen) atoms. The van der Waals surface area contributed by atoms with Crippen LogP contribution < -0.4 is 5.32 Å². The van der Waals surface area contributed by atoms with Gasteiger partial charge in [0, 0.05) is 6.54 Å². The maximum absolute atomic E-state index is 12.4. The Morgan fingerprint density at radius 2 is 1.76 bits per heavy atom. The van der Waals surface area contributed by atoms with Crippen LogP contribution in [0.3, 0.4) is 0 Å². The summed E-state index contributed by atoms with van der Waals surface area (Å²) in [6, 6.07) is 15.1. The topological polar surface area (TPSA) is 66.4 Å². The lowest BCUT2D eigenvalue weighted by Crippen LogP contribution is -2.46. The summed E-state index contributed by atoms with van der Waals surface area (Å²) < 4.78 is 0. The van der Waals surface area contributed by atoms with E-state index in [-0.39, 0.29) is 18.9 Å². The lowest BCUT2D eigenvalue weighted by molar-refractivity contribution is -0.144. The van der Waals surface area contributed by atoms with Crippen molar-refractivity contribution in [1.29, 1.82) is 0 Å². The molecule has 0 saturated heterocycles. The molecular weight excluding hydrogens is 314 g/mol. The van der Waals surface area contributed by atoms with E-state index in [4.69, 9.17) is 0 Å². The summed E-state index contributed by atoms with van der Waals surface area (Å²) in [6.45, 7) is 5.87. The van der Waals surface area contributed by atoms with Crippen molar-refractivity contribution in [3.8, 4) is 0 Å². The summed E-state index contributed by atoms with van der Waals surface area (Å²) in [5.74, 6) is -1.09. The van der Waals surface area contributed by atoms with Gasteiger partial charge in [0.25, 0.3) is 0 Å². The number of carboxylic acid groups (broad SMARTS) is 1. The Morgan fingerprint density at radius 3 is 2.36 bits per heavy atom. The van der Waals surface area contributed by atoms with Gasteiger partial charge in [-0.3, -0.25) is 9.59 Å². The molecule has 1 amide bonds. The van der Waals surface area contributed by atoms with Gasteiger partial charge in [-0.1, -0.05) is 61.0 Å². The molecule has 2 N–H and O–H groups in total. The molecule has 0 spiro atoms. The minimum atomic E-state index is -1.11. The Morgan fingerprint density at radius 1 is 1.08 bits per heavy atom. The minimum absolute atomic E-state index is 0.0759. The molecule has 0 radical (unpaired) electrons. The first-order valence-corrected chi connectivity index (χ1v) is 8.51. The number of benzene rings is 2. The maximum atomic E-state index is 12.4. The average molecular weight is 339 g/mol. The zero-order chi connectivity index (χ0) is 18.4. The summed E-state index contributed by atoms with van der Waals surface area (Å²) in [6.07, 6.45) is 0.651. The average Bonchev–Trinajstić information content (AvgIpc) is 2.60. The summed E-state index contributed by atoms with van der Waals surface area (Å²) in [4.78, 5) is 24.4. The highest BCUT2D eigenvalue weighted by molar-refractivity contribution is 5.84. The minimum Gasteiger partial charge on any atom is -0.481 e. The van der Waals surface area contributed by atoms with Crippen LogP contribution in [0.15, 0.2) is 48.5 Å². The third kappa shape index (κ3) is 4.27. The van der Waals surface area contributed by atoms with Gasteiger partial charge in [0.2, 0.25) is 5.91 Å². The number of aliphatic carboxylic acids is 1. The van der Waals surface area contributed by atoms with Crippen LogP contribution in [0.5, 0.6) is 0 Å². The van der Waals surface area contributed by atoms with E-state index >= 15 is 0 Å². The molecular formula is C21H25NO3. The van der Waals surface area contributed by atoms with Crippen LogP contribution in [0, 0.1) is 13.8 Å². The van der Waals surface area contributed by atoms with Crippen molar-refractivity contribution in [3.63, 3.8) is 0 Å². The molecule has 0 saturated carbocycles. The van der Waals surface area contributed by atoms with Crippen molar-refractivity contribution >= 4 is 11.9 Å². The predicted octanol–water partition coefficient (Wildman–Crippen LogP) is 3.39. The van der Waals surface area contributed by atoms with Gasteiger partial charge in [-0.05, 0) is 37.0 Å². The van der Waals surface area contributed by atoms with Crippen LogP contribution in [0.1, 0.15) is 35.6 Å². The third-order valence-electron chi connectivity index (χ3n) is 4.78. The molecule has 4 nitrogen and oxygen atoms in total. The first kappa shape index (κ1) is 18.7. The molecule has 0 aromatic heterocycles. The first-order valence-electron chi connectivity index (χ1n) is 8.51. The van der Waals surface area contributed by atoms with Gasteiger partial charge in [0.1, 0.15) is 5.41 Å². The van der Waals surface area contributed by atoms with E-state index in [0.717, 1.165) is 16.7 Å². The summed E-state index contributed by atoms with van der Waals surface area (Å²) in [5, 5.41) is 12.6. The van der Waals surface area contributed by atoms with Crippen LogP contribution >= 0.6 is 0 Å². The van der Waals surface area contributed by atoms with Crippen LogP contribution in [0.25, 0.3) is 0 Å². The number of carbonyl (C=O) groups excluding carboxylic acids is 1. The quantitative estimate of drug-likeness (QED) is 0.812. The molecule has 0 aliphatic carbocycles. The summed E-state index contributed by atoms with van der Waals surface area (Å²) in [5.41, 5.74) is 2.72. The number of hydrogen-bond donors (Lipinski definition) is 2. The van der Waals surface area contributed by atoms with Gasteiger partial charge < -0.3 is 10.4 Å². The second-order valence-electron chi connectivity index (χ2n) is 6.49. The molecule has 2 rings (SSSR count). The molecule has 0 fully saturated rings. The van der Waals surface area contributed by atoms with E-state index in [1.807, 2.05) is 57.2 Å². The number of amides is 1. The third-order valence-corrected chi connectivity index (χ3v) is 4.78. The second-order valence-corrected chi connectivity index (χ2v) is 6.49. The van der Waals surface area contributed by atoms with E-state index in [1.165, 1.54) is 0 Å². The van der Waals surface area contributed by atoms with Crippen LogP contribution in [-0.4, -0.2) is 23.5 Å². The largest absolute Gasteiger partial charge is 0.481 e. The fourth-order valence-electron chi connectivity index (χ4n) is 3.01. The van der Waals surface area contributed by atoms with Crippen molar-refractivity contribution in [1.82, 2.24) is 5.32 Å². The van der Waals surface area contributed by atoms with Crippen LogP contribution in [-0.2, 0) is 21.4 Å². The molecule has 0 bridgehead atoms. The number of carboxylic acids is 1. The van der Waals surface area contributed by atoms with E-state index in [1.54, 1.807) is 12.1 Å². The van der Waals surface area contributed by atoms with E-state index in [9.17, 15) is 14.7 Å². The number of carbonyl (C=O) groups is 2. The van der Waals surface area contributed by atoms with Gasteiger partial charge >= 0.3 is 5.97 Å². The fraction of sp³-hybridized carbons (Fsp3) is 0.333. The van der Waals surface area contributed by atoms with Crippen molar-refractivity contribution in [2.24, 2.45) is 0 Å². The van der Waals surface area contributed by atoms with E-state index < -0.39 is 11.4 Å². The molecule has 0 aliphatic heterocycles. The molecule has 132 valence electrons. The second kappa shape index (κ2) is 7.97. The van der Waals surface area contributed by atoms with Gasteiger partial charge in [-0.25, -0.2) is 0 Å². The van der Waals surface area contributed by atoms with Crippen molar-refractivity contribution < 1.29 is 14.7 Å². The number of nitrogens with one attached hydrogen (secondary N) is 1. The number of aryl methyl sites for hydroxylation is 2. The van der Waals surface area contributed by atoms with E-state index in [2.05, 4.69) is 5.32 Å². The van der Waals surface area contributed by atoms with Gasteiger partial charge in [-0.15, -0.1) is 0 Å². The molecule has 2 aromatic rings. The first-order chi connectivity index (χ1) is 11.9. The van der Waals surface area contributed by atoms with Crippen molar-refractivity contribution in [3.05, 3.63) is 70.8 Å². The molecule has 1 unspecified atom stereocenters. The van der Waals surface area contributed by atoms with Gasteiger partial charge in [0.05, 0.1) is 6.42 Å². The zero-order valence-corrected chi connectivity index (χ0v) is 15.0. The SMILES string of the molecule is CCC(CNC(=O)Cc1cc(C)ccc1C)(C(=O)O)c1ccccc1. The standard InChI is InChI=1S/C21H25NO3/c1-4-21(20(24)25,18-8-6-5-7-9-18)14-22-19(23)13-17-12-15(2)10-11-16(17)3/h5-12H,4,13-14H2,1-3H3,(H,22,23)(H,24,25). The Bertz CT molecular complexity index is 755. The Hall–Kier alpha value is -2.62. The lowest BCUT2D eigenvalue weighted by atomic mass is 9.78. The van der Waals surface area contributed by atoms with Crippen molar-refractivity contribution in [2.45, 2.75) is 39.0 Å². The maximum Gasteiger partial charge on any atom is 0.315 e. The van der Waals surface area contributed by atoms with Crippen LogP contribution in [0.2, 0.25) is 0 Å². The Balaban J connectivity index is 2.14. The lowest BCUT2D eigenvalue weighted by Gasteiger charge is -2.29. The Labute approximate surface area is 148 Å². The van der Waals surface area contributed by atoms with Gasteiger partial charge in [-0.2, -0.15) is 0 Å². The number of rotatable bonds is 7. The zero-order valence-electron chi connectivity index (χ0n) is 15.0. The van der Waals surface area contributed by atoms with Crippen LogP contribution in [0.4, 0.5) is 0 Å². The molecule has 2 aromatic carbocycles. The van der Waals surface area contributed by atoms with Crippen molar-refractivity contribution in [2.75, 3.05) is 6.54 Å². The molecule has 4 heteroatoms. The molecule has 0 aliphatic rings. The Kier molecular flexibility index (Phi) is 5.97. The summed E-state index contributed by atoms with van der Waals surface area (Å²) >= 11 is 0. The highest BCUT2D eigenvalue weighted by Crippen LogP contribution is 2.28. The van der Waals surface area contributed by atoms with Gasteiger partial charge in [0.15, 0.2) is 0 Å². The molecule has 1 atom stereocenters. The normalized spacial score (nSPS) is 13.1. The highest BCUT2D eigenvalue weighted by Gasteiger charge is 2.38.